The van der Waals surface area contributed by atoms with E-state index in [4.69, 9.17) is 4.74 Å². The Bertz CT molecular complexity index is 262. The molecule has 15 heavy (non-hydrogen) atoms. The van der Waals surface area contributed by atoms with Crippen LogP contribution in [0.4, 0.5) is 0 Å². The first-order chi connectivity index (χ1) is 7.24. The van der Waals surface area contributed by atoms with E-state index in [2.05, 4.69) is 17.4 Å². The van der Waals surface area contributed by atoms with Crippen LogP contribution in [-0.2, 0) is 4.74 Å². The Hall–Kier alpha value is -0.900. The fraction of sp³-hybridized carbons (Fsp3) is 0.500. The van der Waals surface area contributed by atoms with Crippen molar-refractivity contribution < 1.29 is 9.84 Å². The monoisotopic (exact) mass is 209 g/mol. The molecule has 0 heterocycles. The zero-order valence-corrected chi connectivity index (χ0v) is 9.31. The summed E-state index contributed by atoms with van der Waals surface area (Å²) >= 11 is 0. The lowest BCUT2D eigenvalue weighted by Crippen LogP contribution is -2.31. The van der Waals surface area contributed by atoms with Gasteiger partial charge in [-0.1, -0.05) is 30.3 Å². The molecule has 1 aromatic carbocycles. The summed E-state index contributed by atoms with van der Waals surface area (Å²) in [4.78, 5) is 0. The van der Waals surface area contributed by atoms with E-state index in [1.165, 1.54) is 5.56 Å². The minimum Gasteiger partial charge on any atom is -0.392 e. The zero-order chi connectivity index (χ0) is 11.1. The molecule has 1 aromatic rings. The Kier molecular flexibility index (Phi) is 5.32. The van der Waals surface area contributed by atoms with Gasteiger partial charge >= 0.3 is 0 Å². The molecule has 2 N–H and O–H groups in total. The first-order valence-corrected chi connectivity index (χ1v) is 5.19. The molecule has 0 radical (unpaired) electrons. The summed E-state index contributed by atoms with van der Waals surface area (Å²) < 4.78 is 5.15. The van der Waals surface area contributed by atoms with Crippen LogP contribution in [0, 0.1) is 0 Å². The number of hydrogen-bond acceptors (Lipinski definition) is 3. The topological polar surface area (TPSA) is 41.5 Å². The van der Waals surface area contributed by atoms with Crippen molar-refractivity contribution in [3.05, 3.63) is 35.9 Å². The first kappa shape index (κ1) is 12.2. The maximum absolute atomic E-state index is 9.21. The molecule has 0 bridgehead atoms. The second-order valence-corrected chi connectivity index (χ2v) is 3.68. The van der Waals surface area contributed by atoms with E-state index in [-0.39, 0.29) is 12.1 Å². The summed E-state index contributed by atoms with van der Waals surface area (Å²) in [5, 5.41) is 12.5. The fourth-order valence-corrected chi connectivity index (χ4v) is 1.44. The van der Waals surface area contributed by atoms with Gasteiger partial charge in [0, 0.05) is 13.7 Å². The van der Waals surface area contributed by atoms with E-state index in [1.807, 2.05) is 18.2 Å². The van der Waals surface area contributed by atoms with E-state index in [1.54, 1.807) is 14.0 Å². The first-order valence-electron chi connectivity index (χ1n) is 5.19. The minimum absolute atomic E-state index is 0.144. The van der Waals surface area contributed by atoms with Crippen molar-refractivity contribution in [2.75, 3.05) is 20.3 Å². The molecule has 0 aliphatic carbocycles. The standard InChI is InChI=1S/C12H19NO2/c1-10(14)8-13-12(9-15-2)11-6-4-3-5-7-11/h3-7,10,12-14H,8-9H2,1-2H3/t10-,12+/m1/s1. The number of methoxy groups -OCH3 is 1. The van der Waals surface area contributed by atoms with Crippen LogP contribution >= 0.6 is 0 Å². The van der Waals surface area contributed by atoms with Crippen LogP contribution in [-0.4, -0.2) is 31.5 Å². The summed E-state index contributed by atoms with van der Waals surface area (Å²) in [6.45, 7) is 2.95. The van der Waals surface area contributed by atoms with Crippen molar-refractivity contribution >= 4 is 0 Å². The van der Waals surface area contributed by atoms with Gasteiger partial charge in [0.1, 0.15) is 0 Å². The van der Waals surface area contributed by atoms with Crippen molar-refractivity contribution in [1.82, 2.24) is 5.32 Å². The normalized spacial score (nSPS) is 14.9. The van der Waals surface area contributed by atoms with Crippen LogP contribution in [0.5, 0.6) is 0 Å². The Morgan fingerprint density at radius 1 is 1.33 bits per heavy atom. The van der Waals surface area contributed by atoms with Crippen molar-refractivity contribution in [1.29, 1.82) is 0 Å². The number of benzene rings is 1. The molecule has 0 fully saturated rings. The van der Waals surface area contributed by atoms with Gasteiger partial charge in [-0.15, -0.1) is 0 Å². The highest BCUT2D eigenvalue weighted by Crippen LogP contribution is 2.12. The number of hydrogen-bond donors (Lipinski definition) is 2. The lowest BCUT2D eigenvalue weighted by molar-refractivity contribution is 0.146. The molecule has 3 heteroatoms. The SMILES string of the molecule is COC[C@H](NC[C@@H](C)O)c1ccccc1. The van der Waals surface area contributed by atoms with Crippen LogP contribution < -0.4 is 5.32 Å². The van der Waals surface area contributed by atoms with Crippen LogP contribution in [0.3, 0.4) is 0 Å². The maximum Gasteiger partial charge on any atom is 0.0657 e. The van der Waals surface area contributed by atoms with Crippen molar-refractivity contribution in [2.45, 2.75) is 19.1 Å². The summed E-state index contributed by atoms with van der Waals surface area (Å²) in [6, 6.07) is 10.2. The van der Waals surface area contributed by atoms with Crippen molar-refractivity contribution in [3.63, 3.8) is 0 Å². The van der Waals surface area contributed by atoms with Gasteiger partial charge in [-0.2, -0.15) is 0 Å². The van der Waals surface area contributed by atoms with Crippen LogP contribution in [0.25, 0.3) is 0 Å². The van der Waals surface area contributed by atoms with E-state index >= 15 is 0 Å². The Balaban J connectivity index is 2.57. The molecule has 0 spiro atoms. The van der Waals surface area contributed by atoms with E-state index in [0.717, 1.165) is 0 Å². The largest absolute Gasteiger partial charge is 0.392 e. The highest BCUT2D eigenvalue weighted by Gasteiger charge is 2.10. The van der Waals surface area contributed by atoms with Gasteiger partial charge in [-0.05, 0) is 12.5 Å². The molecule has 3 nitrogen and oxygen atoms in total. The van der Waals surface area contributed by atoms with Gasteiger partial charge in [-0.3, -0.25) is 0 Å². The second-order valence-electron chi connectivity index (χ2n) is 3.68. The number of aliphatic hydroxyl groups is 1. The number of rotatable bonds is 6. The summed E-state index contributed by atoms with van der Waals surface area (Å²) in [5.74, 6) is 0. The molecule has 84 valence electrons. The van der Waals surface area contributed by atoms with E-state index in [0.29, 0.717) is 13.2 Å². The highest BCUT2D eigenvalue weighted by molar-refractivity contribution is 5.18. The maximum atomic E-state index is 9.21. The van der Waals surface area contributed by atoms with Crippen molar-refractivity contribution in [2.24, 2.45) is 0 Å². The Labute approximate surface area is 91.1 Å². The van der Waals surface area contributed by atoms with Gasteiger partial charge in [-0.25, -0.2) is 0 Å². The van der Waals surface area contributed by atoms with Gasteiger partial charge in [0.05, 0.1) is 18.8 Å². The van der Waals surface area contributed by atoms with Gasteiger partial charge in [0.15, 0.2) is 0 Å². The zero-order valence-electron chi connectivity index (χ0n) is 9.31. The van der Waals surface area contributed by atoms with Gasteiger partial charge in [0.2, 0.25) is 0 Å². The molecule has 0 aromatic heterocycles. The van der Waals surface area contributed by atoms with Gasteiger partial charge < -0.3 is 15.2 Å². The average molecular weight is 209 g/mol. The number of ether oxygens (including phenoxy) is 1. The quantitative estimate of drug-likeness (QED) is 0.743. The predicted molar refractivity (Wildman–Crippen MR) is 60.7 cm³/mol. The lowest BCUT2D eigenvalue weighted by Gasteiger charge is -2.19. The highest BCUT2D eigenvalue weighted by atomic mass is 16.5. The molecule has 0 aliphatic heterocycles. The molecule has 2 atom stereocenters. The molecular weight excluding hydrogens is 190 g/mol. The van der Waals surface area contributed by atoms with Gasteiger partial charge in [0.25, 0.3) is 0 Å². The molecular formula is C12H19NO2. The molecule has 0 saturated heterocycles. The second kappa shape index (κ2) is 6.56. The molecule has 1 rings (SSSR count). The third kappa shape index (κ3) is 4.42. The molecule has 0 amide bonds. The van der Waals surface area contributed by atoms with Crippen LogP contribution in [0.1, 0.15) is 18.5 Å². The molecule has 0 unspecified atom stereocenters. The van der Waals surface area contributed by atoms with Crippen LogP contribution in [0.2, 0.25) is 0 Å². The molecule has 0 saturated carbocycles. The molecule has 0 aliphatic rings. The summed E-state index contributed by atoms with van der Waals surface area (Å²) in [7, 11) is 1.68. The van der Waals surface area contributed by atoms with Crippen LogP contribution in [0.15, 0.2) is 30.3 Å². The number of nitrogens with one attached hydrogen (secondary N) is 1. The fourth-order valence-electron chi connectivity index (χ4n) is 1.44. The predicted octanol–water partition coefficient (Wildman–Crippen LogP) is 1.34. The lowest BCUT2D eigenvalue weighted by atomic mass is 10.1. The average Bonchev–Trinajstić information content (AvgIpc) is 2.25. The van der Waals surface area contributed by atoms with E-state index in [9.17, 15) is 5.11 Å². The summed E-state index contributed by atoms with van der Waals surface area (Å²) in [6.07, 6.45) is -0.340. The smallest absolute Gasteiger partial charge is 0.0657 e. The van der Waals surface area contributed by atoms with E-state index < -0.39 is 0 Å². The Morgan fingerprint density at radius 3 is 2.53 bits per heavy atom. The number of aliphatic hydroxyl groups excluding tert-OH is 1. The third-order valence-electron chi connectivity index (χ3n) is 2.19. The van der Waals surface area contributed by atoms with Crippen molar-refractivity contribution in [3.8, 4) is 0 Å². The summed E-state index contributed by atoms with van der Waals surface area (Å²) in [5.41, 5.74) is 1.18. The Morgan fingerprint density at radius 2 is 2.00 bits per heavy atom. The minimum atomic E-state index is -0.340. The third-order valence-corrected chi connectivity index (χ3v) is 2.19.